The van der Waals surface area contributed by atoms with E-state index >= 15 is 0 Å². The van der Waals surface area contributed by atoms with Crippen molar-refractivity contribution < 1.29 is 14.3 Å². The lowest BCUT2D eigenvalue weighted by atomic mass is 10.0. The topological polar surface area (TPSA) is 93.5 Å². The van der Waals surface area contributed by atoms with Crippen LogP contribution in [0.25, 0.3) is 0 Å². The Hall–Kier alpha value is -2.93. The SMILES string of the molecule is CC(C)OC(=O)NC(=S)Nc1cc(C(=O)c2ccccc2)ccc1N. The molecule has 130 valence electrons. The van der Waals surface area contributed by atoms with Crippen LogP contribution in [-0.4, -0.2) is 23.1 Å². The average molecular weight is 357 g/mol. The highest BCUT2D eigenvalue weighted by atomic mass is 32.1. The van der Waals surface area contributed by atoms with Crippen molar-refractivity contribution >= 4 is 40.6 Å². The van der Waals surface area contributed by atoms with Crippen LogP contribution in [0.3, 0.4) is 0 Å². The molecule has 2 rings (SSSR count). The van der Waals surface area contributed by atoms with Gasteiger partial charge in [-0.1, -0.05) is 30.3 Å². The van der Waals surface area contributed by atoms with Crippen LogP contribution in [0.1, 0.15) is 29.8 Å². The largest absolute Gasteiger partial charge is 0.447 e. The Morgan fingerprint density at radius 2 is 1.76 bits per heavy atom. The molecule has 7 heteroatoms. The number of hydrogen-bond acceptors (Lipinski definition) is 5. The molecule has 0 spiro atoms. The predicted molar refractivity (Wildman–Crippen MR) is 102 cm³/mol. The molecule has 0 saturated heterocycles. The molecule has 0 unspecified atom stereocenters. The molecule has 0 atom stereocenters. The lowest BCUT2D eigenvalue weighted by Gasteiger charge is -2.14. The van der Waals surface area contributed by atoms with Gasteiger partial charge in [0.25, 0.3) is 0 Å². The first-order valence-corrected chi connectivity index (χ1v) is 8.05. The van der Waals surface area contributed by atoms with Crippen LogP contribution in [0.2, 0.25) is 0 Å². The van der Waals surface area contributed by atoms with Gasteiger partial charge < -0.3 is 15.8 Å². The molecule has 0 fully saturated rings. The monoisotopic (exact) mass is 357 g/mol. The zero-order chi connectivity index (χ0) is 18.4. The third-order valence-corrected chi connectivity index (χ3v) is 3.36. The number of carbonyl (C=O) groups excluding carboxylic acids is 2. The molecule has 1 amide bonds. The van der Waals surface area contributed by atoms with Gasteiger partial charge in [-0.3, -0.25) is 10.1 Å². The molecular weight excluding hydrogens is 338 g/mol. The highest BCUT2D eigenvalue weighted by Crippen LogP contribution is 2.22. The molecule has 6 nitrogen and oxygen atoms in total. The highest BCUT2D eigenvalue weighted by molar-refractivity contribution is 7.80. The number of nitrogens with one attached hydrogen (secondary N) is 2. The molecule has 0 radical (unpaired) electrons. The number of amides is 1. The van der Waals surface area contributed by atoms with E-state index < -0.39 is 6.09 Å². The Bertz CT molecular complexity index is 791. The smallest absolute Gasteiger partial charge is 0.413 e. The van der Waals surface area contributed by atoms with Crippen LogP contribution in [0.15, 0.2) is 48.5 Å². The maximum absolute atomic E-state index is 12.5. The van der Waals surface area contributed by atoms with Gasteiger partial charge in [0, 0.05) is 11.1 Å². The second-order valence-corrected chi connectivity index (χ2v) is 5.94. The van der Waals surface area contributed by atoms with Crippen molar-refractivity contribution in [2.24, 2.45) is 0 Å². The van der Waals surface area contributed by atoms with Crippen LogP contribution in [-0.2, 0) is 4.74 Å². The summed E-state index contributed by atoms with van der Waals surface area (Å²) in [7, 11) is 0. The second-order valence-electron chi connectivity index (χ2n) is 5.53. The van der Waals surface area contributed by atoms with E-state index in [-0.39, 0.29) is 17.0 Å². The number of ketones is 1. The number of nitrogen functional groups attached to an aromatic ring is 1. The lowest BCUT2D eigenvalue weighted by molar-refractivity contribution is 0.103. The summed E-state index contributed by atoms with van der Waals surface area (Å²) < 4.78 is 4.95. The highest BCUT2D eigenvalue weighted by Gasteiger charge is 2.13. The number of anilines is 2. The Morgan fingerprint density at radius 1 is 1.08 bits per heavy atom. The first-order chi connectivity index (χ1) is 11.9. The summed E-state index contributed by atoms with van der Waals surface area (Å²) >= 11 is 5.06. The third-order valence-electron chi connectivity index (χ3n) is 3.16. The van der Waals surface area contributed by atoms with E-state index in [4.69, 9.17) is 22.7 Å². The van der Waals surface area contributed by atoms with E-state index in [1.54, 1.807) is 56.3 Å². The molecule has 0 aromatic heterocycles. The number of hydrogen-bond donors (Lipinski definition) is 3. The maximum Gasteiger partial charge on any atom is 0.413 e. The maximum atomic E-state index is 12.5. The van der Waals surface area contributed by atoms with E-state index in [0.29, 0.717) is 22.5 Å². The van der Waals surface area contributed by atoms with Crippen molar-refractivity contribution in [2.45, 2.75) is 20.0 Å². The zero-order valence-electron chi connectivity index (χ0n) is 13.9. The number of alkyl carbamates (subject to hydrolysis) is 1. The molecule has 0 aliphatic rings. The van der Waals surface area contributed by atoms with Crippen molar-refractivity contribution in [3.05, 3.63) is 59.7 Å². The summed E-state index contributed by atoms with van der Waals surface area (Å²) in [4.78, 5) is 24.1. The summed E-state index contributed by atoms with van der Waals surface area (Å²) in [5, 5.41) is 5.22. The first kappa shape index (κ1) is 18.4. The van der Waals surface area contributed by atoms with Crippen molar-refractivity contribution in [3.63, 3.8) is 0 Å². The Kier molecular flexibility index (Phi) is 6.08. The number of carbonyl (C=O) groups is 2. The van der Waals surface area contributed by atoms with Crippen LogP contribution in [0.5, 0.6) is 0 Å². The first-order valence-electron chi connectivity index (χ1n) is 7.64. The Morgan fingerprint density at radius 3 is 2.40 bits per heavy atom. The van der Waals surface area contributed by atoms with Gasteiger partial charge in [-0.15, -0.1) is 0 Å². The number of ether oxygens (including phenoxy) is 1. The van der Waals surface area contributed by atoms with E-state index in [0.717, 1.165) is 0 Å². The fourth-order valence-electron chi connectivity index (χ4n) is 2.05. The third kappa shape index (κ3) is 5.29. The molecule has 4 N–H and O–H groups in total. The van der Waals surface area contributed by atoms with Gasteiger partial charge in [-0.05, 0) is 44.3 Å². The Balaban J connectivity index is 2.12. The van der Waals surface area contributed by atoms with Crippen molar-refractivity contribution in [3.8, 4) is 0 Å². The molecule has 0 aliphatic heterocycles. The standard InChI is InChI=1S/C18H19N3O3S/c1-11(2)24-18(23)21-17(25)20-15-10-13(8-9-14(15)19)16(22)12-6-4-3-5-7-12/h3-11H,19H2,1-2H3,(H2,20,21,23,25). The normalized spacial score (nSPS) is 10.2. The van der Waals surface area contributed by atoms with Crippen LogP contribution in [0.4, 0.5) is 16.2 Å². The molecule has 2 aromatic rings. The van der Waals surface area contributed by atoms with Gasteiger partial charge >= 0.3 is 6.09 Å². The molecule has 0 saturated carbocycles. The molecule has 0 aliphatic carbocycles. The van der Waals surface area contributed by atoms with E-state index in [1.807, 2.05) is 6.07 Å². The quantitative estimate of drug-likeness (QED) is 0.441. The summed E-state index contributed by atoms with van der Waals surface area (Å²) in [5.41, 5.74) is 7.76. The Labute approximate surface area is 151 Å². The van der Waals surface area contributed by atoms with Gasteiger partial charge in [-0.2, -0.15) is 0 Å². The fraction of sp³-hybridized carbons (Fsp3) is 0.167. The molecule has 2 aromatic carbocycles. The van der Waals surface area contributed by atoms with Gasteiger partial charge in [-0.25, -0.2) is 4.79 Å². The summed E-state index contributed by atoms with van der Waals surface area (Å²) in [6.07, 6.45) is -0.928. The summed E-state index contributed by atoms with van der Waals surface area (Å²) in [5.74, 6) is -0.137. The number of rotatable bonds is 4. The summed E-state index contributed by atoms with van der Waals surface area (Å²) in [6.45, 7) is 3.46. The van der Waals surface area contributed by atoms with Crippen molar-refractivity contribution in [1.29, 1.82) is 0 Å². The number of benzene rings is 2. The van der Waals surface area contributed by atoms with Gasteiger partial charge in [0.05, 0.1) is 17.5 Å². The van der Waals surface area contributed by atoms with E-state index in [1.165, 1.54) is 0 Å². The fourth-order valence-corrected chi connectivity index (χ4v) is 2.25. The molecule has 25 heavy (non-hydrogen) atoms. The van der Waals surface area contributed by atoms with Crippen molar-refractivity contribution in [2.75, 3.05) is 11.1 Å². The summed E-state index contributed by atoms with van der Waals surface area (Å²) in [6, 6.07) is 13.7. The minimum absolute atomic E-state index is 0.0293. The van der Waals surface area contributed by atoms with Crippen molar-refractivity contribution in [1.82, 2.24) is 5.32 Å². The van der Waals surface area contributed by atoms with Crippen LogP contribution < -0.4 is 16.4 Å². The van der Waals surface area contributed by atoms with Gasteiger partial charge in [0.2, 0.25) is 0 Å². The molecule has 0 heterocycles. The molecular formula is C18H19N3O3S. The zero-order valence-corrected chi connectivity index (χ0v) is 14.7. The van der Waals surface area contributed by atoms with E-state index in [2.05, 4.69) is 10.6 Å². The average Bonchev–Trinajstić information content (AvgIpc) is 2.56. The number of thiocarbonyl (C=S) groups is 1. The lowest BCUT2D eigenvalue weighted by Crippen LogP contribution is -2.36. The van der Waals surface area contributed by atoms with E-state index in [9.17, 15) is 9.59 Å². The van der Waals surface area contributed by atoms with Crippen LogP contribution >= 0.6 is 12.2 Å². The van der Waals surface area contributed by atoms with Gasteiger partial charge in [0.15, 0.2) is 10.9 Å². The minimum Gasteiger partial charge on any atom is -0.447 e. The molecule has 0 bridgehead atoms. The second kappa shape index (κ2) is 8.25. The van der Waals surface area contributed by atoms with Crippen LogP contribution in [0, 0.1) is 0 Å². The number of nitrogens with two attached hydrogens (primary N) is 1. The minimum atomic E-state index is -0.664. The van der Waals surface area contributed by atoms with Gasteiger partial charge in [0.1, 0.15) is 0 Å². The predicted octanol–water partition coefficient (Wildman–Crippen LogP) is 3.33.